The van der Waals surface area contributed by atoms with Crippen LogP contribution < -0.4 is 24.4 Å². The Morgan fingerprint density at radius 2 is 1.84 bits per heavy atom. The first-order valence-electron chi connectivity index (χ1n) is 9.51. The van der Waals surface area contributed by atoms with Gasteiger partial charge in [0.25, 0.3) is 11.8 Å². The zero-order valence-electron chi connectivity index (χ0n) is 17.3. The second kappa shape index (κ2) is 9.92. The number of hydrogen-bond acceptors (Lipinski definition) is 7. The summed E-state index contributed by atoms with van der Waals surface area (Å²) in [4.78, 5) is 37.5. The van der Waals surface area contributed by atoms with E-state index in [1.807, 2.05) is 6.92 Å². The van der Waals surface area contributed by atoms with E-state index in [1.165, 1.54) is 30.2 Å². The Labute approximate surface area is 189 Å². The fourth-order valence-electron chi connectivity index (χ4n) is 2.95. The van der Waals surface area contributed by atoms with E-state index in [2.05, 4.69) is 5.32 Å². The van der Waals surface area contributed by atoms with Crippen molar-refractivity contribution in [3.05, 3.63) is 53.6 Å². The molecule has 0 saturated carbocycles. The molecule has 3 rings (SSSR count). The number of hydrogen-bond donors (Lipinski definition) is 2. The molecule has 166 valence electrons. The summed E-state index contributed by atoms with van der Waals surface area (Å²) >= 11 is 5.20. The lowest BCUT2D eigenvalue weighted by Crippen LogP contribution is -2.54. The average Bonchev–Trinajstić information content (AvgIpc) is 2.76. The quantitative estimate of drug-likeness (QED) is 0.354. The predicted octanol–water partition coefficient (Wildman–Crippen LogP) is 2.39. The molecule has 0 aromatic heterocycles. The summed E-state index contributed by atoms with van der Waals surface area (Å²) in [6.07, 6.45) is 1.39. The van der Waals surface area contributed by atoms with Gasteiger partial charge in [-0.25, -0.2) is 4.79 Å². The third kappa shape index (κ3) is 5.03. The SMILES string of the molecule is CCOc1ccc(N2C(=O)/C(=C\c3ccc(OCC(=O)O)c(OC)c3)C(=O)NC2=S)cc1. The van der Waals surface area contributed by atoms with Gasteiger partial charge in [0.1, 0.15) is 11.3 Å². The number of nitrogens with zero attached hydrogens (tertiary/aromatic N) is 1. The van der Waals surface area contributed by atoms with Crippen LogP contribution in [0.2, 0.25) is 0 Å². The number of ether oxygens (including phenoxy) is 3. The molecule has 0 atom stereocenters. The number of aliphatic carboxylic acids is 1. The van der Waals surface area contributed by atoms with E-state index in [0.717, 1.165) is 0 Å². The summed E-state index contributed by atoms with van der Waals surface area (Å²) in [6.45, 7) is 1.84. The zero-order chi connectivity index (χ0) is 23.3. The van der Waals surface area contributed by atoms with Crippen LogP contribution >= 0.6 is 12.2 Å². The van der Waals surface area contributed by atoms with Crippen LogP contribution in [0.3, 0.4) is 0 Å². The lowest BCUT2D eigenvalue weighted by atomic mass is 10.1. The van der Waals surface area contributed by atoms with E-state index >= 15 is 0 Å². The minimum absolute atomic E-state index is 0.0312. The van der Waals surface area contributed by atoms with Gasteiger partial charge in [-0.2, -0.15) is 0 Å². The van der Waals surface area contributed by atoms with Crippen LogP contribution in [0.15, 0.2) is 48.0 Å². The van der Waals surface area contributed by atoms with E-state index < -0.39 is 24.4 Å². The van der Waals surface area contributed by atoms with E-state index in [1.54, 1.807) is 30.3 Å². The molecular weight excluding hydrogens is 436 g/mol. The number of nitrogens with one attached hydrogen (secondary N) is 1. The summed E-state index contributed by atoms with van der Waals surface area (Å²) in [5.74, 6) is -1.24. The van der Waals surface area contributed by atoms with Crippen LogP contribution in [0.25, 0.3) is 6.08 Å². The van der Waals surface area contributed by atoms with Crippen molar-refractivity contribution in [1.29, 1.82) is 0 Å². The molecule has 2 amide bonds. The first-order chi connectivity index (χ1) is 15.3. The average molecular weight is 456 g/mol. The monoisotopic (exact) mass is 456 g/mol. The van der Waals surface area contributed by atoms with Crippen molar-refractivity contribution in [3.63, 3.8) is 0 Å². The van der Waals surface area contributed by atoms with E-state index in [-0.39, 0.29) is 22.2 Å². The molecule has 10 heteroatoms. The van der Waals surface area contributed by atoms with Crippen molar-refractivity contribution < 1.29 is 33.7 Å². The normalized spacial score (nSPS) is 14.9. The molecular formula is C22H20N2O7S. The number of methoxy groups -OCH3 is 1. The number of carboxylic acids is 1. The van der Waals surface area contributed by atoms with Gasteiger partial charge in [-0.05, 0) is 67.2 Å². The van der Waals surface area contributed by atoms with Crippen LogP contribution in [0.4, 0.5) is 5.69 Å². The lowest BCUT2D eigenvalue weighted by molar-refractivity contribution is -0.139. The van der Waals surface area contributed by atoms with Crippen molar-refractivity contribution in [1.82, 2.24) is 5.32 Å². The van der Waals surface area contributed by atoms with Crippen molar-refractivity contribution in [2.75, 3.05) is 25.2 Å². The molecule has 2 aromatic rings. The van der Waals surface area contributed by atoms with Gasteiger partial charge in [-0.3, -0.25) is 19.8 Å². The highest BCUT2D eigenvalue weighted by Crippen LogP contribution is 2.30. The number of carbonyl (C=O) groups is 3. The van der Waals surface area contributed by atoms with Gasteiger partial charge in [0.15, 0.2) is 23.2 Å². The fourth-order valence-corrected chi connectivity index (χ4v) is 3.23. The van der Waals surface area contributed by atoms with E-state index in [4.69, 9.17) is 31.5 Å². The molecule has 0 spiro atoms. The highest BCUT2D eigenvalue weighted by atomic mass is 32.1. The van der Waals surface area contributed by atoms with Crippen LogP contribution in [0.1, 0.15) is 12.5 Å². The molecule has 0 unspecified atom stereocenters. The smallest absolute Gasteiger partial charge is 0.341 e. The van der Waals surface area contributed by atoms with Crippen LogP contribution in [-0.4, -0.2) is 48.3 Å². The first-order valence-corrected chi connectivity index (χ1v) is 9.91. The molecule has 0 bridgehead atoms. The van der Waals surface area contributed by atoms with Crippen molar-refractivity contribution in [2.24, 2.45) is 0 Å². The molecule has 9 nitrogen and oxygen atoms in total. The Morgan fingerprint density at radius 3 is 2.47 bits per heavy atom. The number of amides is 2. The Hall–Kier alpha value is -3.92. The standard InChI is InChI=1S/C22H20N2O7S/c1-3-30-15-7-5-14(6-8-15)24-21(28)16(20(27)23-22(24)32)10-13-4-9-17(18(11-13)29-2)31-12-19(25)26/h4-11H,3,12H2,1-2H3,(H,25,26)(H,23,27,32)/b16-10-. The molecule has 2 aromatic carbocycles. The minimum atomic E-state index is -1.13. The van der Waals surface area contributed by atoms with Gasteiger partial charge in [-0.15, -0.1) is 0 Å². The number of rotatable bonds is 8. The Morgan fingerprint density at radius 1 is 1.12 bits per heavy atom. The largest absolute Gasteiger partial charge is 0.494 e. The van der Waals surface area contributed by atoms with Gasteiger partial charge >= 0.3 is 5.97 Å². The minimum Gasteiger partial charge on any atom is -0.494 e. The molecule has 2 N–H and O–H groups in total. The van der Waals surface area contributed by atoms with Gasteiger partial charge in [0.2, 0.25) is 0 Å². The maximum Gasteiger partial charge on any atom is 0.341 e. The lowest BCUT2D eigenvalue weighted by Gasteiger charge is -2.29. The maximum absolute atomic E-state index is 13.1. The van der Waals surface area contributed by atoms with Gasteiger partial charge in [-0.1, -0.05) is 6.07 Å². The summed E-state index contributed by atoms with van der Waals surface area (Å²) in [5.41, 5.74) is 0.820. The molecule has 32 heavy (non-hydrogen) atoms. The Kier molecular flexibility index (Phi) is 7.06. The van der Waals surface area contributed by atoms with Gasteiger partial charge in [0, 0.05) is 0 Å². The van der Waals surface area contributed by atoms with Crippen molar-refractivity contribution in [3.8, 4) is 17.2 Å². The highest BCUT2D eigenvalue weighted by molar-refractivity contribution is 7.80. The predicted molar refractivity (Wildman–Crippen MR) is 120 cm³/mol. The number of anilines is 1. The highest BCUT2D eigenvalue weighted by Gasteiger charge is 2.34. The molecule has 1 saturated heterocycles. The summed E-state index contributed by atoms with van der Waals surface area (Å²) < 4.78 is 15.8. The molecule has 1 heterocycles. The Bertz CT molecular complexity index is 1100. The number of carbonyl (C=O) groups excluding carboxylic acids is 2. The van der Waals surface area contributed by atoms with Crippen molar-refractivity contribution in [2.45, 2.75) is 6.92 Å². The molecule has 0 aliphatic carbocycles. The zero-order valence-corrected chi connectivity index (χ0v) is 18.1. The summed E-state index contributed by atoms with van der Waals surface area (Å²) in [5, 5.41) is 11.3. The van der Waals surface area contributed by atoms with E-state index in [0.29, 0.717) is 23.6 Å². The van der Waals surface area contributed by atoms with Gasteiger partial charge in [0.05, 0.1) is 19.4 Å². The number of carboxylic acid groups (broad SMARTS) is 1. The molecule has 1 aliphatic rings. The second-order valence-electron chi connectivity index (χ2n) is 6.48. The van der Waals surface area contributed by atoms with Crippen LogP contribution in [0.5, 0.6) is 17.2 Å². The third-order valence-electron chi connectivity index (χ3n) is 4.36. The van der Waals surface area contributed by atoms with Crippen LogP contribution in [0, 0.1) is 0 Å². The molecule has 1 fully saturated rings. The maximum atomic E-state index is 13.1. The van der Waals surface area contributed by atoms with E-state index in [9.17, 15) is 14.4 Å². The third-order valence-corrected chi connectivity index (χ3v) is 4.64. The molecule has 1 aliphatic heterocycles. The second-order valence-corrected chi connectivity index (χ2v) is 6.86. The molecule has 0 radical (unpaired) electrons. The van der Waals surface area contributed by atoms with Crippen LogP contribution in [-0.2, 0) is 14.4 Å². The Balaban J connectivity index is 1.90. The number of thiocarbonyl (C=S) groups is 1. The topological polar surface area (TPSA) is 114 Å². The first kappa shape index (κ1) is 22.8. The summed E-state index contributed by atoms with van der Waals surface area (Å²) in [7, 11) is 1.39. The summed E-state index contributed by atoms with van der Waals surface area (Å²) in [6, 6.07) is 11.3. The fraction of sp³-hybridized carbons (Fsp3) is 0.182. The van der Waals surface area contributed by atoms with Crippen molar-refractivity contribution >= 4 is 46.9 Å². The number of benzene rings is 2. The van der Waals surface area contributed by atoms with Gasteiger partial charge < -0.3 is 19.3 Å².